The van der Waals surface area contributed by atoms with Crippen LogP contribution in [0.25, 0.3) is 10.9 Å². The molecule has 3 heterocycles. The minimum Gasteiger partial charge on any atom is -0.376 e. The molecule has 0 radical (unpaired) electrons. The molecule has 30 heavy (non-hydrogen) atoms. The van der Waals surface area contributed by atoms with E-state index in [0.717, 1.165) is 61.8 Å². The molecule has 0 aliphatic carbocycles. The quantitative estimate of drug-likeness (QED) is 0.660. The van der Waals surface area contributed by atoms with Crippen LogP contribution in [0.3, 0.4) is 0 Å². The highest BCUT2D eigenvalue weighted by Gasteiger charge is 2.23. The molecule has 0 saturated carbocycles. The van der Waals surface area contributed by atoms with Gasteiger partial charge in [0, 0.05) is 37.4 Å². The SMILES string of the molecule is CCc1ccc2[nH]c(=O)c(CN(C[C@@H]3CCCO3)C(=S)NC[C@@H]3CCCO3)cc2c1. The average Bonchev–Trinajstić information content (AvgIpc) is 3.46. The lowest BCUT2D eigenvalue weighted by molar-refractivity contribution is 0.0885. The van der Waals surface area contributed by atoms with Gasteiger partial charge in [-0.15, -0.1) is 0 Å². The Bertz CT molecular complexity index is 933. The van der Waals surface area contributed by atoms with E-state index in [-0.39, 0.29) is 17.8 Å². The Kier molecular flexibility index (Phi) is 7.02. The minimum atomic E-state index is -0.0639. The maximum atomic E-state index is 12.8. The molecule has 6 nitrogen and oxygen atoms in total. The lowest BCUT2D eigenvalue weighted by atomic mass is 10.1. The van der Waals surface area contributed by atoms with E-state index in [1.165, 1.54) is 5.56 Å². The third kappa shape index (κ3) is 5.20. The van der Waals surface area contributed by atoms with Crippen molar-refractivity contribution in [1.82, 2.24) is 15.2 Å². The first-order valence-electron chi connectivity index (χ1n) is 11.0. The summed E-state index contributed by atoms with van der Waals surface area (Å²) < 4.78 is 11.5. The number of aryl methyl sites for hydroxylation is 1. The monoisotopic (exact) mass is 429 g/mol. The average molecular weight is 430 g/mol. The van der Waals surface area contributed by atoms with Gasteiger partial charge in [0.1, 0.15) is 0 Å². The highest BCUT2D eigenvalue weighted by atomic mass is 32.1. The summed E-state index contributed by atoms with van der Waals surface area (Å²) in [4.78, 5) is 17.8. The van der Waals surface area contributed by atoms with Crippen LogP contribution < -0.4 is 10.9 Å². The first-order chi connectivity index (χ1) is 14.6. The number of rotatable bonds is 7. The number of thiocarbonyl (C=S) groups is 1. The maximum absolute atomic E-state index is 12.8. The van der Waals surface area contributed by atoms with Crippen molar-refractivity contribution in [3.05, 3.63) is 45.7 Å². The van der Waals surface area contributed by atoms with Gasteiger partial charge in [0.2, 0.25) is 0 Å². The van der Waals surface area contributed by atoms with Crippen molar-refractivity contribution < 1.29 is 9.47 Å². The Hall–Kier alpha value is -1.96. The number of ether oxygens (including phenoxy) is 2. The smallest absolute Gasteiger partial charge is 0.253 e. The summed E-state index contributed by atoms with van der Waals surface area (Å²) >= 11 is 5.71. The highest BCUT2D eigenvalue weighted by Crippen LogP contribution is 2.18. The normalized spacial score (nSPS) is 21.2. The molecule has 2 aromatic rings. The van der Waals surface area contributed by atoms with Crippen molar-refractivity contribution in [2.24, 2.45) is 0 Å². The number of nitrogens with zero attached hydrogens (tertiary/aromatic N) is 1. The van der Waals surface area contributed by atoms with E-state index in [0.29, 0.717) is 24.7 Å². The molecule has 7 heteroatoms. The second-order valence-corrected chi connectivity index (χ2v) is 8.62. The van der Waals surface area contributed by atoms with Crippen molar-refractivity contribution in [3.8, 4) is 0 Å². The number of aromatic nitrogens is 1. The fraction of sp³-hybridized carbons (Fsp3) is 0.565. The van der Waals surface area contributed by atoms with Gasteiger partial charge in [-0.2, -0.15) is 0 Å². The van der Waals surface area contributed by atoms with E-state index in [9.17, 15) is 4.79 Å². The molecule has 0 spiro atoms. The van der Waals surface area contributed by atoms with Gasteiger partial charge in [-0.05, 0) is 73.5 Å². The van der Waals surface area contributed by atoms with Gasteiger partial charge in [-0.3, -0.25) is 4.79 Å². The topological polar surface area (TPSA) is 66.6 Å². The van der Waals surface area contributed by atoms with Crippen LogP contribution in [0.5, 0.6) is 0 Å². The maximum Gasteiger partial charge on any atom is 0.253 e. The predicted molar refractivity (Wildman–Crippen MR) is 123 cm³/mol. The van der Waals surface area contributed by atoms with Gasteiger partial charge < -0.3 is 24.7 Å². The van der Waals surface area contributed by atoms with Gasteiger partial charge in [0.15, 0.2) is 5.11 Å². The second kappa shape index (κ2) is 9.90. The minimum absolute atomic E-state index is 0.0639. The van der Waals surface area contributed by atoms with Crippen LogP contribution in [-0.2, 0) is 22.4 Å². The third-order valence-electron chi connectivity index (χ3n) is 6.00. The molecule has 162 valence electrons. The zero-order valence-corrected chi connectivity index (χ0v) is 18.4. The first-order valence-corrected chi connectivity index (χ1v) is 11.4. The Morgan fingerprint density at radius 3 is 2.67 bits per heavy atom. The number of hydrogen-bond acceptors (Lipinski definition) is 4. The van der Waals surface area contributed by atoms with Crippen LogP contribution in [0.4, 0.5) is 0 Å². The molecule has 2 aliphatic rings. The Balaban J connectivity index is 1.52. The molecule has 0 bridgehead atoms. The van der Waals surface area contributed by atoms with Crippen LogP contribution in [0.15, 0.2) is 29.1 Å². The van der Waals surface area contributed by atoms with Crippen LogP contribution >= 0.6 is 12.2 Å². The number of hydrogen-bond donors (Lipinski definition) is 2. The lowest BCUT2D eigenvalue weighted by Crippen LogP contribution is -2.45. The Labute approximate surface area is 182 Å². The Morgan fingerprint density at radius 1 is 1.20 bits per heavy atom. The van der Waals surface area contributed by atoms with E-state index in [1.807, 2.05) is 12.1 Å². The van der Waals surface area contributed by atoms with E-state index < -0.39 is 0 Å². The summed E-state index contributed by atoms with van der Waals surface area (Å²) in [5.74, 6) is 0. The summed E-state index contributed by atoms with van der Waals surface area (Å²) in [6.07, 6.45) is 5.59. The fourth-order valence-corrected chi connectivity index (χ4v) is 4.44. The van der Waals surface area contributed by atoms with E-state index in [2.05, 4.69) is 34.3 Å². The van der Waals surface area contributed by atoms with Gasteiger partial charge in [-0.1, -0.05) is 13.0 Å². The molecule has 0 amide bonds. The molecular weight excluding hydrogens is 398 g/mol. The van der Waals surface area contributed by atoms with Crippen LogP contribution in [-0.4, -0.2) is 53.5 Å². The summed E-state index contributed by atoms with van der Waals surface area (Å²) in [6.45, 7) is 5.60. The zero-order chi connectivity index (χ0) is 20.9. The molecule has 2 fully saturated rings. The first kappa shape index (κ1) is 21.3. The van der Waals surface area contributed by atoms with Crippen molar-refractivity contribution in [3.63, 3.8) is 0 Å². The van der Waals surface area contributed by atoms with Gasteiger partial charge >= 0.3 is 0 Å². The number of pyridine rings is 1. The highest BCUT2D eigenvalue weighted by molar-refractivity contribution is 7.80. The van der Waals surface area contributed by atoms with Gasteiger partial charge in [0.05, 0.1) is 18.8 Å². The van der Waals surface area contributed by atoms with E-state index >= 15 is 0 Å². The Morgan fingerprint density at radius 2 is 1.97 bits per heavy atom. The van der Waals surface area contributed by atoms with Crippen LogP contribution in [0.1, 0.15) is 43.7 Å². The second-order valence-electron chi connectivity index (χ2n) is 8.24. The number of benzene rings is 1. The van der Waals surface area contributed by atoms with Crippen molar-refractivity contribution in [2.45, 2.75) is 57.8 Å². The van der Waals surface area contributed by atoms with Crippen molar-refractivity contribution >= 4 is 28.2 Å². The summed E-state index contributed by atoms with van der Waals surface area (Å²) in [5.41, 5.74) is 2.78. The molecule has 2 N–H and O–H groups in total. The summed E-state index contributed by atoms with van der Waals surface area (Å²) in [7, 11) is 0. The molecule has 2 aliphatic heterocycles. The third-order valence-corrected chi connectivity index (χ3v) is 6.40. The number of fused-ring (bicyclic) bond motifs is 1. The zero-order valence-electron chi connectivity index (χ0n) is 17.6. The largest absolute Gasteiger partial charge is 0.376 e. The van der Waals surface area contributed by atoms with Crippen molar-refractivity contribution in [1.29, 1.82) is 0 Å². The van der Waals surface area contributed by atoms with E-state index in [4.69, 9.17) is 21.7 Å². The van der Waals surface area contributed by atoms with Crippen molar-refractivity contribution in [2.75, 3.05) is 26.3 Å². The molecule has 1 aromatic carbocycles. The summed E-state index contributed by atoms with van der Waals surface area (Å²) in [5, 5.41) is 5.07. The lowest BCUT2D eigenvalue weighted by Gasteiger charge is -2.28. The molecule has 2 atom stereocenters. The standard InChI is InChI=1S/C23H31N3O3S/c1-2-16-7-8-21-17(11-16)12-18(22(27)25-21)14-26(15-20-6-4-10-29-20)23(30)24-13-19-5-3-9-28-19/h7-8,11-12,19-20H,2-6,9-10,13-15H2,1H3,(H,24,30)(H,25,27)/t19-,20-/m0/s1. The number of aromatic amines is 1. The van der Waals surface area contributed by atoms with Gasteiger partial charge in [0.25, 0.3) is 5.56 Å². The van der Waals surface area contributed by atoms with Crippen LogP contribution in [0, 0.1) is 0 Å². The fourth-order valence-electron chi connectivity index (χ4n) is 4.22. The molecule has 0 unspecified atom stereocenters. The molecule has 1 aromatic heterocycles. The number of H-pyrrole nitrogens is 1. The molecular formula is C23H31N3O3S. The summed E-state index contributed by atoms with van der Waals surface area (Å²) in [6, 6.07) is 8.19. The van der Waals surface area contributed by atoms with Gasteiger partial charge in [-0.25, -0.2) is 0 Å². The molecule has 4 rings (SSSR count). The number of nitrogens with one attached hydrogen (secondary N) is 2. The molecule has 2 saturated heterocycles. The van der Waals surface area contributed by atoms with Crippen LogP contribution in [0.2, 0.25) is 0 Å². The predicted octanol–water partition coefficient (Wildman–Crippen LogP) is 3.13. The van der Waals surface area contributed by atoms with E-state index in [1.54, 1.807) is 0 Å².